The number of aromatic nitrogens is 1. The van der Waals surface area contributed by atoms with Crippen LogP contribution in [-0.4, -0.2) is 58.4 Å². The maximum Gasteiger partial charge on any atom is 0.302 e. The molecule has 1 heterocycles. The van der Waals surface area contributed by atoms with Crippen molar-refractivity contribution in [2.45, 2.75) is 0 Å². The second kappa shape index (κ2) is 6.64. The quantitative estimate of drug-likeness (QED) is 0.672. The highest BCUT2D eigenvalue weighted by Crippen LogP contribution is 2.14. The molecule has 8 nitrogen and oxygen atoms in total. The number of carbonyl (C=O) groups excluding carboxylic acids is 1. The first-order valence-corrected chi connectivity index (χ1v) is 7.33. The molecule has 0 unspecified atom stereocenters. The van der Waals surface area contributed by atoms with E-state index < -0.39 is 16.1 Å². The molecule has 0 fully saturated rings. The molecule has 1 aromatic heterocycles. The van der Waals surface area contributed by atoms with Crippen LogP contribution in [0.4, 0.5) is 5.82 Å². The normalized spacial score (nSPS) is 11.6. The largest absolute Gasteiger partial charge is 0.366 e. The number of anilines is 1. The van der Waals surface area contributed by atoms with Crippen LogP contribution >= 0.6 is 0 Å². The lowest BCUT2D eigenvalue weighted by Gasteiger charge is -2.24. The van der Waals surface area contributed by atoms with Crippen molar-refractivity contribution in [3.63, 3.8) is 0 Å². The highest BCUT2D eigenvalue weighted by Gasteiger charge is 2.21. The van der Waals surface area contributed by atoms with Gasteiger partial charge in [0.05, 0.1) is 5.56 Å². The lowest BCUT2D eigenvalue weighted by Crippen LogP contribution is -2.43. The van der Waals surface area contributed by atoms with Crippen molar-refractivity contribution in [2.75, 3.05) is 38.5 Å². The molecule has 0 aliphatic carbocycles. The summed E-state index contributed by atoms with van der Waals surface area (Å²) in [5.74, 6) is -0.383. The highest BCUT2D eigenvalue weighted by atomic mass is 32.2. The zero-order valence-electron chi connectivity index (χ0n) is 11.7. The predicted octanol–water partition coefficient (Wildman–Crippen LogP) is -0.987. The Balaban J connectivity index is 3.07. The maximum absolute atomic E-state index is 12.0. The van der Waals surface area contributed by atoms with Crippen LogP contribution in [0.25, 0.3) is 0 Å². The van der Waals surface area contributed by atoms with E-state index in [1.807, 2.05) is 19.0 Å². The third-order valence-corrected chi connectivity index (χ3v) is 4.05. The number of carbonyl (C=O) groups is 1. The number of hydrogen-bond donors (Lipinski definition) is 2. The van der Waals surface area contributed by atoms with E-state index in [1.54, 1.807) is 0 Å². The van der Waals surface area contributed by atoms with Crippen molar-refractivity contribution >= 4 is 21.9 Å². The number of hydrogen-bond acceptors (Lipinski definition) is 5. The lowest BCUT2D eigenvalue weighted by atomic mass is 10.3. The van der Waals surface area contributed by atoms with Gasteiger partial charge in [0, 0.05) is 26.3 Å². The Morgan fingerprint density at radius 1 is 1.35 bits per heavy atom. The van der Waals surface area contributed by atoms with Crippen LogP contribution in [0.15, 0.2) is 18.3 Å². The first-order valence-electron chi connectivity index (χ1n) is 5.89. The van der Waals surface area contributed by atoms with E-state index in [0.29, 0.717) is 6.54 Å². The molecular formula is C11H19N5O3S. The molecule has 0 aliphatic heterocycles. The zero-order valence-corrected chi connectivity index (χ0v) is 12.5. The van der Waals surface area contributed by atoms with E-state index in [2.05, 4.69) is 9.71 Å². The minimum atomic E-state index is -3.66. The molecule has 0 bridgehead atoms. The number of nitrogens with zero attached hydrogens (tertiary/aromatic N) is 3. The standard InChI is InChI=1S/C11H19N5O3S/c1-13-20(18,19)16(7-6-15(2)3)10-5-4-9(8-14-10)11(12)17/h4-5,8,13H,6-7H2,1-3H3,(H2,12,17). The molecule has 0 saturated heterocycles. The van der Waals surface area contributed by atoms with Crippen LogP contribution in [0.5, 0.6) is 0 Å². The molecule has 1 amide bonds. The first-order chi connectivity index (χ1) is 9.27. The van der Waals surface area contributed by atoms with E-state index in [0.717, 1.165) is 4.31 Å². The summed E-state index contributed by atoms with van der Waals surface area (Å²) >= 11 is 0. The van der Waals surface area contributed by atoms with Gasteiger partial charge in [0.1, 0.15) is 5.82 Å². The molecular weight excluding hydrogens is 282 g/mol. The van der Waals surface area contributed by atoms with Crippen molar-refractivity contribution < 1.29 is 13.2 Å². The molecule has 0 spiro atoms. The van der Waals surface area contributed by atoms with E-state index in [9.17, 15) is 13.2 Å². The van der Waals surface area contributed by atoms with Crippen LogP contribution in [0.1, 0.15) is 10.4 Å². The van der Waals surface area contributed by atoms with Crippen molar-refractivity contribution in [2.24, 2.45) is 5.73 Å². The van der Waals surface area contributed by atoms with Gasteiger partial charge >= 0.3 is 10.2 Å². The summed E-state index contributed by atoms with van der Waals surface area (Å²) in [5.41, 5.74) is 5.35. The van der Waals surface area contributed by atoms with Gasteiger partial charge in [-0.15, -0.1) is 0 Å². The minimum Gasteiger partial charge on any atom is -0.366 e. The molecule has 9 heteroatoms. The molecule has 0 radical (unpaired) electrons. The smallest absolute Gasteiger partial charge is 0.302 e. The predicted molar refractivity (Wildman–Crippen MR) is 76.6 cm³/mol. The SMILES string of the molecule is CNS(=O)(=O)N(CCN(C)C)c1ccc(C(N)=O)cn1. The average Bonchev–Trinajstić information content (AvgIpc) is 2.39. The van der Waals surface area contributed by atoms with Gasteiger partial charge in [-0.1, -0.05) is 0 Å². The van der Waals surface area contributed by atoms with Gasteiger partial charge < -0.3 is 10.6 Å². The number of likely N-dealkylation sites (N-methyl/N-ethyl adjacent to an activating group) is 1. The Morgan fingerprint density at radius 3 is 2.40 bits per heavy atom. The van der Waals surface area contributed by atoms with Gasteiger partial charge in [-0.3, -0.25) is 4.79 Å². The molecule has 112 valence electrons. The van der Waals surface area contributed by atoms with Crippen molar-refractivity contribution in [3.05, 3.63) is 23.9 Å². The number of nitrogens with one attached hydrogen (secondary N) is 1. The molecule has 3 N–H and O–H groups in total. The zero-order chi connectivity index (χ0) is 15.3. The molecule has 20 heavy (non-hydrogen) atoms. The Labute approximate surface area is 118 Å². The first kappa shape index (κ1) is 16.3. The second-order valence-electron chi connectivity index (χ2n) is 4.35. The fraction of sp³-hybridized carbons (Fsp3) is 0.455. The fourth-order valence-electron chi connectivity index (χ4n) is 1.44. The minimum absolute atomic E-state index is 0.225. The average molecular weight is 301 g/mol. The number of nitrogens with two attached hydrogens (primary N) is 1. The number of amides is 1. The van der Waals surface area contributed by atoms with E-state index in [-0.39, 0.29) is 17.9 Å². The monoisotopic (exact) mass is 301 g/mol. The Morgan fingerprint density at radius 2 is 2.00 bits per heavy atom. The van der Waals surface area contributed by atoms with Gasteiger partial charge in [0.15, 0.2) is 0 Å². The second-order valence-corrected chi connectivity index (χ2v) is 6.15. The van der Waals surface area contributed by atoms with Crippen molar-refractivity contribution in [1.29, 1.82) is 0 Å². The maximum atomic E-state index is 12.0. The van der Waals surface area contributed by atoms with E-state index in [4.69, 9.17) is 5.73 Å². The number of primary amides is 1. The molecule has 0 saturated carbocycles. The molecule has 0 aliphatic rings. The van der Waals surface area contributed by atoms with Gasteiger partial charge in [0.25, 0.3) is 0 Å². The van der Waals surface area contributed by atoms with E-state index >= 15 is 0 Å². The summed E-state index contributed by atoms with van der Waals surface area (Å²) in [7, 11) is 1.35. The van der Waals surface area contributed by atoms with Crippen LogP contribution in [0.2, 0.25) is 0 Å². The molecule has 1 rings (SSSR count). The van der Waals surface area contributed by atoms with Crippen LogP contribution in [0, 0.1) is 0 Å². The summed E-state index contributed by atoms with van der Waals surface area (Å²) in [6.45, 7) is 0.763. The molecule has 0 atom stereocenters. The van der Waals surface area contributed by atoms with Crippen LogP contribution in [-0.2, 0) is 10.2 Å². The third-order valence-electron chi connectivity index (χ3n) is 2.59. The Bertz CT molecular complexity index is 556. The molecule has 0 aromatic carbocycles. The summed E-state index contributed by atoms with van der Waals surface area (Å²) in [6.07, 6.45) is 1.26. The topological polar surface area (TPSA) is 109 Å². The summed E-state index contributed by atoms with van der Waals surface area (Å²) in [6, 6.07) is 2.89. The van der Waals surface area contributed by atoms with Crippen molar-refractivity contribution in [1.82, 2.24) is 14.6 Å². The van der Waals surface area contributed by atoms with Crippen LogP contribution in [0.3, 0.4) is 0 Å². The molecule has 1 aromatic rings. The Hall–Kier alpha value is -1.71. The summed E-state index contributed by atoms with van der Waals surface area (Å²) in [4.78, 5) is 16.8. The van der Waals surface area contributed by atoms with Gasteiger partial charge in [0.2, 0.25) is 5.91 Å². The summed E-state index contributed by atoms with van der Waals surface area (Å²) < 4.78 is 27.4. The van der Waals surface area contributed by atoms with Gasteiger partial charge in [-0.05, 0) is 26.2 Å². The highest BCUT2D eigenvalue weighted by molar-refractivity contribution is 7.90. The third kappa shape index (κ3) is 4.15. The summed E-state index contributed by atoms with van der Waals surface area (Å²) in [5, 5.41) is 0. The Kier molecular flexibility index (Phi) is 5.43. The van der Waals surface area contributed by atoms with Gasteiger partial charge in [-0.2, -0.15) is 8.42 Å². The lowest BCUT2D eigenvalue weighted by molar-refractivity contribution is 0.1000. The fourth-order valence-corrected chi connectivity index (χ4v) is 2.33. The van der Waals surface area contributed by atoms with Crippen LogP contribution < -0.4 is 14.8 Å². The van der Waals surface area contributed by atoms with E-state index in [1.165, 1.54) is 25.4 Å². The number of pyridine rings is 1. The van der Waals surface area contributed by atoms with Crippen molar-refractivity contribution in [3.8, 4) is 0 Å². The number of rotatable bonds is 7. The van der Waals surface area contributed by atoms with Gasteiger partial charge in [-0.25, -0.2) is 14.0 Å².